The highest BCUT2D eigenvalue weighted by Crippen LogP contribution is 2.23. The number of para-hydroxylation sites is 1. The Balaban J connectivity index is 2.88. The molecule has 0 saturated carbocycles. The molecule has 0 bridgehead atoms. The number of amides is 1. The summed E-state index contributed by atoms with van der Waals surface area (Å²) in [5, 5.41) is 0.411. The molecule has 0 fully saturated rings. The number of esters is 1. The van der Waals surface area contributed by atoms with E-state index < -0.39 is 5.97 Å². The molecule has 1 aromatic carbocycles. The third-order valence-corrected chi connectivity index (χ3v) is 2.14. The lowest BCUT2D eigenvalue weighted by Gasteiger charge is -2.16. The Kier molecular flexibility index (Phi) is 4.12. The minimum Gasteiger partial charge on any atom is -0.468 e. The molecule has 0 saturated heterocycles. The van der Waals surface area contributed by atoms with Crippen molar-refractivity contribution >= 4 is 29.7 Å². The predicted octanol–water partition coefficient (Wildman–Crippen LogP) is 1.48. The average Bonchev–Trinajstić information content (AvgIpc) is 2.26. The number of carbonyl (C=O) groups excluding carboxylic acids is 2. The zero-order valence-electron chi connectivity index (χ0n) is 8.14. The van der Waals surface area contributed by atoms with Gasteiger partial charge in [0.25, 0.3) is 0 Å². The average molecular weight is 228 g/mol. The van der Waals surface area contributed by atoms with Crippen LogP contribution in [0.1, 0.15) is 0 Å². The molecule has 0 atom stereocenters. The maximum atomic E-state index is 11.0. The van der Waals surface area contributed by atoms with Crippen LogP contribution in [0, 0.1) is 0 Å². The molecule has 1 amide bonds. The van der Waals surface area contributed by atoms with Gasteiger partial charge in [0.2, 0.25) is 6.41 Å². The summed E-state index contributed by atoms with van der Waals surface area (Å²) >= 11 is 5.87. The Labute approximate surface area is 92.4 Å². The fourth-order valence-corrected chi connectivity index (χ4v) is 1.31. The first-order valence-corrected chi connectivity index (χ1v) is 4.60. The van der Waals surface area contributed by atoms with Crippen molar-refractivity contribution in [3.63, 3.8) is 0 Å². The van der Waals surface area contributed by atoms with Gasteiger partial charge in [0.1, 0.15) is 6.54 Å². The summed E-state index contributed by atoms with van der Waals surface area (Å²) < 4.78 is 4.46. The number of hydrogen-bond donors (Lipinski definition) is 0. The largest absolute Gasteiger partial charge is 0.468 e. The Bertz CT molecular complexity index is 367. The van der Waals surface area contributed by atoms with E-state index in [1.807, 2.05) is 0 Å². The van der Waals surface area contributed by atoms with E-state index >= 15 is 0 Å². The number of methoxy groups -OCH3 is 1. The van der Waals surface area contributed by atoms with E-state index in [4.69, 9.17) is 11.6 Å². The molecule has 0 heterocycles. The number of anilines is 1. The van der Waals surface area contributed by atoms with E-state index in [2.05, 4.69) is 4.74 Å². The van der Waals surface area contributed by atoms with Crippen LogP contribution in [0.3, 0.4) is 0 Å². The topological polar surface area (TPSA) is 46.6 Å². The lowest BCUT2D eigenvalue weighted by Crippen LogP contribution is -2.29. The first kappa shape index (κ1) is 11.5. The Morgan fingerprint density at radius 3 is 2.73 bits per heavy atom. The fraction of sp³-hybridized carbons (Fsp3) is 0.200. The number of halogens is 1. The van der Waals surface area contributed by atoms with Crippen LogP contribution in [-0.2, 0) is 14.3 Å². The van der Waals surface area contributed by atoms with Gasteiger partial charge in [-0.1, -0.05) is 23.7 Å². The summed E-state index contributed by atoms with van der Waals surface area (Å²) in [6, 6.07) is 6.77. The third kappa shape index (κ3) is 2.95. The molecule has 1 rings (SSSR count). The van der Waals surface area contributed by atoms with Gasteiger partial charge in [0.15, 0.2) is 0 Å². The number of carbonyl (C=O) groups is 2. The van der Waals surface area contributed by atoms with E-state index in [1.165, 1.54) is 12.0 Å². The van der Waals surface area contributed by atoms with Crippen LogP contribution in [-0.4, -0.2) is 26.0 Å². The number of nitrogens with zero attached hydrogens (tertiary/aromatic N) is 1. The molecule has 5 heteroatoms. The van der Waals surface area contributed by atoms with Gasteiger partial charge in [-0.15, -0.1) is 0 Å². The highest BCUT2D eigenvalue weighted by atomic mass is 35.5. The highest BCUT2D eigenvalue weighted by molar-refractivity contribution is 6.33. The van der Waals surface area contributed by atoms with Gasteiger partial charge in [-0.3, -0.25) is 9.59 Å². The minimum atomic E-state index is -0.498. The van der Waals surface area contributed by atoms with Crippen molar-refractivity contribution in [3.05, 3.63) is 29.3 Å². The highest BCUT2D eigenvalue weighted by Gasteiger charge is 2.13. The van der Waals surface area contributed by atoms with E-state index in [0.717, 1.165) is 0 Å². The molecule has 0 radical (unpaired) electrons. The predicted molar refractivity (Wildman–Crippen MR) is 56.9 cm³/mol. The lowest BCUT2D eigenvalue weighted by atomic mass is 10.3. The molecule has 0 aliphatic carbocycles. The summed E-state index contributed by atoms with van der Waals surface area (Å²) in [5.41, 5.74) is 0.486. The smallest absolute Gasteiger partial charge is 0.325 e. The Morgan fingerprint density at radius 1 is 1.53 bits per heavy atom. The number of rotatable bonds is 4. The lowest BCUT2D eigenvalue weighted by molar-refractivity contribution is -0.139. The quantitative estimate of drug-likeness (QED) is 0.578. The molecule has 80 valence electrons. The van der Waals surface area contributed by atoms with Crippen LogP contribution in [0.25, 0.3) is 0 Å². The maximum Gasteiger partial charge on any atom is 0.325 e. The fourth-order valence-electron chi connectivity index (χ4n) is 1.07. The zero-order valence-corrected chi connectivity index (χ0v) is 8.90. The van der Waals surface area contributed by atoms with E-state index in [-0.39, 0.29) is 6.54 Å². The molecule has 0 aliphatic heterocycles. The zero-order chi connectivity index (χ0) is 11.3. The van der Waals surface area contributed by atoms with E-state index in [1.54, 1.807) is 24.3 Å². The first-order chi connectivity index (χ1) is 7.19. The van der Waals surface area contributed by atoms with Crippen LogP contribution in [0.2, 0.25) is 5.02 Å². The molecule has 0 spiro atoms. The summed E-state index contributed by atoms with van der Waals surface area (Å²) in [6.07, 6.45) is 0.540. The Hall–Kier alpha value is -1.55. The van der Waals surface area contributed by atoms with Gasteiger partial charge in [-0.2, -0.15) is 0 Å². The van der Waals surface area contributed by atoms with E-state index in [0.29, 0.717) is 17.1 Å². The number of ether oxygens (including phenoxy) is 1. The normalized spacial score (nSPS) is 9.47. The third-order valence-electron chi connectivity index (χ3n) is 1.82. The van der Waals surface area contributed by atoms with Crippen LogP contribution in [0.4, 0.5) is 5.69 Å². The van der Waals surface area contributed by atoms with Gasteiger partial charge in [-0.05, 0) is 12.1 Å². The monoisotopic (exact) mass is 227 g/mol. The number of benzene rings is 1. The standard InChI is InChI=1S/C10H10ClNO3/c1-15-10(14)6-12(7-13)9-5-3-2-4-8(9)11/h2-5,7H,6H2,1H3. The molecule has 0 unspecified atom stereocenters. The number of hydrogen-bond acceptors (Lipinski definition) is 3. The van der Waals surface area contributed by atoms with Crippen LogP contribution in [0.5, 0.6) is 0 Å². The molecule has 15 heavy (non-hydrogen) atoms. The van der Waals surface area contributed by atoms with Crippen molar-refractivity contribution in [3.8, 4) is 0 Å². The van der Waals surface area contributed by atoms with Gasteiger partial charge < -0.3 is 9.64 Å². The molecule has 0 aliphatic rings. The van der Waals surface area contributed by atoms with Crippen molar-refractivity contribution in [1.82, 2.24) is 0 Å². The molecular formula is C10H10ClNO3. The first-order valence-electron chi connectivity index (χ1n) is 4.22. The maximum absolute atomic E-state index is 11.0. The van der Waals surface area contributed by atoms with Crippen molar-refractivity contribution in [2.75, 3.05) is 18.6 Å². The van der Waals surface area contributed by atoms with Gasteiger partial charge in [0.05, 0.1) is 17.8 Å². The second kappa shape index (κ2) is 5.36. The van der Waals surface area contributed by atoms with Crippen LogP contribution < -0.4 is 4.90 Å². The molecule has 0 N–H and O–H groups in total. The van der Waals surface area contributed by atoms with Crippen molar-refractivity contribution in [1.29, 1.82) is 0 Å². The van der Waals surface area contributed by atoms with Crippen molar-refractivity contribution < 1.29 is 14.3 Å². The van der Waals surface area contributed by atoms with Crippen molar-refractivity contribution in [2.45, 2.75) is 0 Å². The van der Waals surface area contributed by atoms with Gasteiger partial charge >= 0.3 is 5.97 Å². The molecule has 0 aromatic heterocycles. The van der Waals surface area contributed by atoms with Gasteiger partial charge in [-0.25, -0.2) is 0 Å². The van der Waals surface area contributed by atoms with Crippen LogP contribution in [0.15, 0.2) is 24.3 Å². The SMILES string of the molecule is COC(=O)CN(C=O)c1ccccc1Cl. The van der Waals surface area contributed by atoms with Gasteiger partial charge in [0, 0.05) is 0 Å². The summed E-state index contributed by atoms with van der Waals surface area (Å²) in [5.74, 6) is -0.498. The van der Waals surface area contributed by atoms with E-state index in [9.17, 15) is 9.59 Å². The summed E-state index contributed by atoms with van der Waals surface area (Å²) in [7, 11) is 1.26. The molecule has 1 aromatic rings. The second-order valence-corrected chi connectivity index (χ2v) is 3.17. The summed E-state index contributed by atoms with van der Waals surface area (Å²) in [6.45, 7) is -0.149. The molecular weight excluding hydrogens is 218 g/mol. The summed E-state index contributed by atoms with van der Waals surface area (Å²) in [4.78, 5) is 23.0. The van der Waals surface area contributed by atoms with Crippen molar-refractivity contribution in [2.24, 2.45) is 0 Å². The Morgan fingerprint density at radius 2 is 2.20 bits per heavy atom. The molecule has 4 nitrogen and oxygen atoms in total. The minimum absolute atomic E-state index is 0.149. The van der Waals surface area contributed by atoms with Crippen LogP contribution >= 0.6 is 11.6 Å². The second-order valence-electron chi connectivity index (χ2n) is 2.76.